The monoisotopic (exact) mass is 296 g/mol. The highest BCUT2D eigenvalue weighted by molar-refractivity contribution is 6.01. The number of hydrogen-bond acceptors (Lipinski definition) is 5. The van der Waals surface area contributed by atoms with E-state index in [0.29, 0.717) is 0 Å². The molecule has 0 aliphatic rings. The molecule has 0 radical (unpaired) electrons. The van der Waals surface area contributed by atoms with Crippen LogP contribution in [0.4, 0.5) is 5.69 Å². The number of hydrogen-bond donors (Lipinski definition) is 1. The fraction of sp³-hybridized carbons (Fsp3) is 0.385. The van der Waals surface area contributed by atoms with Crippen molar-refractivity contribution in [3.05, 3.63) is 33.9 Å². The molecule has 1 amide bonds. The summed E-state index contributed by atoms with van der Waals surface area (Å²) < 4.78 is 4.99. The van der Waals surface area contributed by atoms with E-state index in [1.54, 1.807) is 0 Å². The largest absolute Gasteiger partial charge is 0.496 e. The molecule has 1 atom stereocenters. The van der Waals surface area contributed by atoms with Gasteiger partial charge in [0.2, 0.25) is 0 Å². The molecule has 0 saturated carbocycles. The van der Waals surface area contributed by atoms with Crippen LogP contribution >= 0.6 is 0 Å². The van der Waals surface area contributed by atoms with Crippen molar-refractivity contribution in [1.82, 2.24) is 4.90 Å². The van der Waals surface area contributed by atoms with Crippen LogP contribution in [0, 0.1) is 16.0 Å². The van der Waals surface area contributed by atoms with Crippen molar-refractivity contribution in [3.63, 3.8) is 0 Å². The molecule has 8 heteroatoms. The van der Waals surface area contributed by atoms with Gasteiger partial charge in [-0.15, -0.1) is 0 Å². The van der Waals surface area contributed by atoms with Crippen LogP contribution < -0.4 is 4.74 Å². The molecule has 1 aromatic rings. The normalized spacial score (nSPS) is 11.6. The van der Waals surface area contributed by atoms with E-state index in [4.69, 9.17) is 9.84 Å². The van der Waals surface area contributed by atoms with Crippen LogP contribution in [0.1, 0.15) is 17.3 Å². The van der Waals surface area contributed by atoms with Crippen molar-refractivity contribution < 1.29 is 24.4 Å². The van der Waals surface area contributed by atoms with Gasteiger partial charge in [-0.05, 0) is 6.07 Å². The lowest BCUT2D eigenvalue weighted by atomic mass is 10.1. The Bertz CT molecular complexity index is 572. The highest BCUT2D eigenvalue weighted by atomic mass is 16.6. The van der Waals surface area contributed by atoms with Gasteiger partial charge in [-0.3, -0.25) is 19.7 Å². The van der Waals surface area contributed by atoms with E-state index in [0.717, 1.165) is 4.90 Å². The number of nitro groups is 1. The van der Waals surface area contributed by atoms with Crippen LogP contribution in [0.25, 0.3) is 0 Å². The summed E-state index contributed by atoms with van der Waals surface area (Å²) in [5.41, 5.74) is -0.570. The van der Waals surface area contributed by atoms with Crippen LogP contribution in [0.15, 0.2) is 18.2 Å². The van der Waals surface area contributed by atoms with Crippen LogP contribution in [0.3, 0.4) is 0 Å². The minimum Gasteiger partial charge on any atom is -0.496 e. The number of benzene rings is 1. The molecular formula is C13H16N2O6. The number of methoxy groups -OCH3 is 1. The number of carboxylic acids is 1. The third kappa shape index (κ3) is 3.68. The molecule has 21 heavy (non-hydrogen) atoms. The molecule has 0 bridgehead atoms. The molecule has 0 spiro atoms. The Morgan fingerprint density at radius 1 is 1.48 bits per heavy atom. The summed E-state index contributed by atoms with van der Waals surface area (Å²) in [7, 11) is 2.69. The summed E-state index contributed by atoms with van der Waals surface area (Å²) in [5, 5.41) is 19.9. The van der Waals surface area contributed by atoms with Gasteiger partial charge in [0.1, 0.15) is 5.75 Å². The SMILES string of the molecule is COc1cccc([N+](=O)[O-])c1C(=O)N(C)CC(C)C(=O)O. The maximum atomic E-state index is 12.4. The number of carboxylic acid groups (broad SMARTS) is 1. The first-order valence-electron chi connectivity index (χ1n) is 6.09. The van der Waals surface area contributed by atoms with E-state index in [1.165, 1.54) is 39.3 Å². The van der Waals surface area contributed by atoms with Gasteiger partial charge in [0, 0.05) is 19.7 Å². The van der Waals surface area contributed by atoms with Gasteiger partial charge in [0.05, 0.1) is 18.0 Å². The zero-order chi connectivity index (χ0) is 16.2. The van der Waals surface area contributed by atoms with Gasteiger partial charge in [0.25, 0.3) is 11.6 Å². The minimum absolute atomic E-state index is 0.0661. The summed E-state index contributed by atoms with van der Waals surface area (Å²) in [4.78, 5) is 34.7. The van der Waals surface area contributed by atoms with Crippen LogP contribution in [0.5, 0.6) is 5.75 Å². The van der Waals surface area contributed by atoms with Gasteiger partial charge in [-0.1, -0.05) is 13.0 Å². The molecule has 0 aliphatic carbocycles. The third-order valence-electron chi connectivity index (χ3n) is 2.95. The molecule has 114 valence electrons. The van der Waals surface area contributed by atoms with Crippen molar-refractivity contribution in [2.24, 2.45) is 5.92 Å². The number of carbonyl (C=O) groups is 2. The first-order chi connectivity index (χ1) is 9.79. The molecule has 0 heterocycles. The Hall–Kier alpha value is -2.64. The predicted molar refractivity (Wildman–Crippen MR) is 73.4 cm³/mol. The second kappa shape index (κ2) is 6.69. The molecule has 1 aromatic carbocycles. The molecule has 1 rings (SSSR count). The summed E-state index contributed by atoms with van der Waals surface area (Å²) in [5.74, 6) is -2.42. The average Bonchev–Trinajstić information content (AvgIpc) is 2.45. The zero-order valence-corrected chi connectivity index (χ0v) is 11.9. The zero-order valence-electron chi connectivity index (χ0n) is 11.9. The van der Waals surface area contributed by atoms with Crippen molar-refractivity contribution in [3.8, 4) is 5.75 Å². The summed E-state index contributed by atoms with van der Waals surface area (Å²) in [6.45, 7) is 1.38. The minimum atomic E-state index is -1.05. The van der Waals surface area contributed by atoms with E-state index < -0.39 is 22.7 Å². The van der Waals surface area contributed by atoms with Gasteiger partial charge >= 0.3 is 5.97 Å². The Balaban J connectivity index is 3.16. The molecule has 1 unspecified atom stereocenters. The summed E-state index contributed by atoms with van der Waals surface area (Å²) in [6, 6.07) is 4.05. The van der Waals surface area contributed by atoms with Gasteiger partial charge in [-0.2, -0.15) is 0 Å². The Morgan fingerprint density at radius 2 is 2.10 bits per heavy atom. The fourth-order valence-corrected chi connectivity index (χ4v) is 1.82. The standard InChI is InChI=1S/C13H16N2O6/c1-8(13(17)18)7-14(2)12(16)11-9(15(19)20)5-4-6-10(11)21-3/h4-6,8H,7H2,1-3H3,(H,17,18). The maximum absolute atomic E-state index is 12.4. The second-order valence-corrected chi connectivity index (χ2v) is 4.54. The number of carbonyl (C=O) groups excluding carboxylic acids is 1. The third-order valence-corrected chi connectivity index (χ3v) is 2.95. The van der Waals surface area contributed by atoms with Gasteiger partial charge < -0.3 is 14.7 Å². The lowest BCUT2D eigenvalue weighted by Gasteiger charge is -2.20. The van der Waals surface area contributed by atoms with E-state index in [1.807, 2.05) is 0 Å². The first-order valence-corrected chi connectivity index (χ1v) is 6.09. The van der Waals surface area contributed by atoms with E-state index in [-0.39, 0.29) is 23.5 Å². The fourth-order valence-electron chi connectivity index (χ4n) is 1.82. The Labute approximate surface area is 121 Å². The number of amides is 1. The molecule has 0 aromatic heterocycles. The predicted octanol–water partition coefficient (Wildman–Crippen LogP) is 1.40. The van der Waals surface area contributed by atoms with Crippen molar-refractivity contribution in [2.75, 3.05) is 20.7 Å². The first kappa shape index (κ1) is 16.4. The van der Waals surface area contributed by atoms with E-state index in [2.05, 4.69) is 0 Å². The summed E-state index contributed by atoms with van der Waals surface area (Å²) >= 11 is 0. The van der Waals surface area contributed by atoms with Crippen LogP contribution in [-0.4, -0.2) is 47.5 Å². The molecule has 1 N–H and O–H groups in total. The number of nitrogens with zero attached hydrogens (tertiary/aromatic N) is 2. The maximum Gasteiger partial charge on any atom is 0.308 e. The quantitative estimate of drug-likeness (QED) is 0.627. The average molecular weight is 296 g/mol. The number of ether oxygens (including phenoxy) is 1. The lowest BCUT2D eigenvalue weighted by Crippen LogP contribution is -2.34. The summed E-state index contributed by atoms with van der Waals surface area (Å²) in [6.07, 6.45) is 0. The Kier molecular flexibility index (Phi) is 5.23. The molecule has 8 nitrogen and oxygen atoms in total. The van der Waals surface area contributed by atoms with E-state index >= 15 is 0 Å². The number of rotatable bonds is 6. The molecule has 0 aliphatic heterocycles. The van der Waals surface area contributed by atoms with Gasteiger partial charge in [0.15, 0.2) is 5.56 Å². The molecule has 0 saturated heterocycles. The topological polar surface area (TPSA) is 110 Å². The number of aliphatic carboxylic acids is 1. The highest BCUT2D eigenvalue weighted by Crippen LogP contribution is 2.29. The van der Waals surface area contributed by atoms with Crippen molar-refractivity contribution in [2.45, 2.75) is 6.92 Å². The van der Waals surface area contributed by atoms with Crippen molar-refractivity contribution in [1.29, 1.82) is 0 Å². The Morgan fingerprint density at radius 3 is 2.57 bits per heavy atom. The highest BCUT2D eigenvalue weighted by Gasteiger charge is 2.28. The second-order valence-electron chi connectivity index (χ2n) is 4.54. The smallest absolute Gasteiger partial charge is 0.308 e. The number of nitro benzene ring substituents is 1. The van der Waals surface area contributed by atoms with Crippen LogP contribution in [-0.2, 0) is 4.79 Å². The van der Waals surface area contributed by atoms with Crippen molar-refractivity contribution >= 4 is 17.6 Å². The van der Waals surface area contributed by atoms with E-state index in [9.17, 15) is 19.7 Å². The van der Waals surface area contributed by atoms with Crippen LogP contribution in [0.2, 0.25) is 0 Å². The lowest BCUT2D eigenvalue weighted by molar-refractivity contribution is -0.385. The molecular weight excluding hydrogens is 280 g/mol. The molecule has 0 fully saturated rings. The van der Waals surface area contributed by atoms with Gasteiger partial charge in [-0.25, -0.2) is 0 Å².